The zero-order valence-electron chi connectivity index (χ0n) is 9.66. The van der Waals surface area contributed by atoms with Gasteiger partial charge in [-0.25, -0.2) is 0 Å². The Morgan fingerprint density at radius 2 is 1.84 bits per heavy atom. The molecular formula is C14H9Cl3O2. The molecular weight excluding hydrogens is 307 g/mol. The molecule has 0 aliphatic carbocycles. The topological polar surface area (TPSA) is 29.5 Å². The largest absolute Gasteiger partial charge is 0.489 e. The molecule has 2 aromatic rings. The number of rotatable bonds is 1. The van der Waals surface area contributed by atoms with Gasteiger partial charge in [0.2, 0.25) is 0 Å². The Hall–Kier alpha value is -0.930. The standard InChI is InChI=1S/C14H9Cl3O2/c15-8-4-5-12-10(6-8)14(18,7-19-12)9-2-1-3-11(16)13(9)17/h1-6,18H,7H2. The first kappa shape index (κ1) is 13.1. The van der Waals surface area contributed by atoms with E-state index in [1.54, 1.807) is 36.4 Å². The molecule has 0 aromatic heterocycles. The molecule has 2 aromatic carbocycles. The maximum absolute atomic E-state index is 10.9. The Kier molecular flexibility index (Phi) is 3.14. The van der Waals surface area contributed by atoms with Gasteiger partial charge in [-0.1, -0.05) is 46.9 Å². The van der Waals surface area contributed by atoms with Crippen LogP contribution in [0.25, 0.3) is 0 Å². The molecule has 1 aliphatic rings. The number of halogens is 3. The number of hydrogen-bond donors (Lipinski definition) is 1. The maximum Gasteiger partial charge on any atom is 0.154 e. The zero-order chi connectivity index (χ0) is 13.6. The minimum Gasteiger partial charge on any atom is -0.489 e. The highest BCUT2D eigenvalue weighted by Crippen LogP contribution is 2.45. The van der Waals surface area contributed by atoms with Crippen molar-refractivity contribution in [3.8, 4) is 5.75 Å². The van der Waals surface area contributed by atoms with Gasteiger partial charge in [0.05, 0.1) is 10.0 Å². The highest BCUT2D eigenvalue weighted by Gasteiger charge is 2.42. The van der Waals surface area contributed by atoms with Gasteiger partial charge in [-0.05, 0) is 24.3 Å². The lowest BCUT2D eigenvalue weighted by Gasteiger charge is -2.23. The Morgan fingerprint density at radius 1 is 1.05 bits per heavy atom. The molecule has 19 heavy (non-hydrogen) atoms. The second-order valence-corrected chi connectivity index (χ2v) is 5.61. The summed E-state index contributed by atoms with van der Waals surface area (Å²) in [7, 11) is 0. The molecule has 0 fully saturated rings. The summed E-state index contributed by atoms with van der Waals surface area (Å²) in [6.07, 6.45) is 0. The van der Waals surface area contributed by atoms with E-state index in [9.17, 15) is 5.11 Å². The van der Waals surface area contributed by atoms with Gasteiger partial charge in [-0.2, -0.15) is 0 Å². The van der Waals surface area contributed by atoms with Crippen LogP contribution in [0.15, 0.2) is 36.4 Å². The fourth-order valence-corrected chi connectivity index (χ4v) is 2.89. The number of fused-ring (bicyclic) bond motifs is 1. The second-order valence-electron chi connectivity index (χ2n) is 4.39. The lowest BCUT2D eigenvalue weighted by atomic mass is 9.88. The first-order valence-corrected chi connectivity index (χ1v) is 6.75. The van der Waals surface area contributed by atoms with Crippen molar-refractivity contribution >= 4 is 34.8 Å². The number of aliphatic hydroxyl groups is 1. The fraction of sp³-hybridized carbons (Fsp3) is 0.143. The van der Waals surface area contributed by atoms with Gasteiger partial charge in [0.25, 0.3) is 0 Å². The molecule has 0 radical (unpaired) electrons. The molecule has 1 unspecified atom stereocenters. The maximum atomic E-state index is 10.9. The molecule has 2 nitrogen and oxygen atoms in total. The van der Waals surface area contributed by atoms with Gasteiger partial charge < -0.3 is 9.84 Å². The monoisotopic (exact) mass is 314 g/mol. The molecule has 0 spiro atoms. The highest BCUT2D eigenvalue weighted by molar-refractivity contribution is 6.42. The second kappa shape index (κ2) is 4.57. The van der Waals surface area contributed by atoms with Crippen LogP contribution >= 0.6 is 34.8 Å². The first-order chi connectivity index (χ1) is 9.02. The van der Waals surface area contributed by atoms with Crippen molar-refractivity contribution in [2.24, 2.45) is 0 Å². The summed E-state index contributed by atoms with van der Waals surface area (Å²) in [6.45, 7) is 0.0860. The van der Waals surface area contributed by atoms with E-state index < -0.39 is 5.60 Å². The van der Waals surface area contributed by atoms with Gasteiger partial charge in [0, 0.05) is 16.1 Å². The van der Waals surface area contributed by atoms with Crippen molar-refractivity contribution in [2.75, 3.05) is 6.61 Å². The smallest absolute Gasteiger partial charge is 0.154 e. The summed E-state index contributed by atoms with van der Waals surface area (Å²) in [5.74, 6) is 0.600. The molecule has 1 atom stereocenters. The molecule has 1 aliphatic heterocycles. The van der Waals surface area contributed by atoms with Crippen LogP contribution in [0.2, 0.25) is 15.1 Å². The predicted octanol–water partition coefficient (Wildman–Crippen LogP) is 4.28. The summed E-state index contributed by atoms with van der Waals surface area (Å²) in [4.78, 5) is 0. The van der Waals surface area contributed by atoms with E-state index in [1.807, 2.05) is 0 Å². The van der Waals surface area contributed by atoms with Crippen molar-refractivity contribution in [1.29, 1.82) is 0 Å². The predicted molar refractivity (Wildman–Crippen MR) is 76.4 cm³/mol. The molecule has 0 amide bonds. The van der Waals surface area contributed by atoms with E-state index in [0.29, 0.717) is 31.9 Å². The lowest BCUT2D eigenvalue weighted by molar-refractivity contribution is 0.0561. The van der Waals surface area contributed by atoms with Crippen LogP contribution in [0.1, 0.15) is 11.1 Å². The number of hydrogen-bond acceptors (Lipinski definition) is 2. The van der Waals surface area contributed by atoms with Crippen molar-refractivity contribution < 1.29 is 9.84 Å². The summed E-state index contributed by atoms with van der Waals surface area (Å²) in [6, 6.07) is 10.3. The van der Waals surface area contributed by atoms with E-state index in [-0.39, 0.29) is 6.61 Å². The van der Waals surface area contributed by atoms with Crippen molar-refractivity contribution in [3.63, 3.8) is 0 Å². The molecule has 0 saturated carbocycles. The fourth-order valence-electron chi connectivity index (χ4n) is 2.26. The van der Waals surface area contributed by atoms with Crippen molar-refractivity contribution in [2.45, 2.75) is 5.60 Å². The Bertz CT molecular complexity index is 657. The van der Waals surface area contributed by atoms with Crippen LogP contribution in [-0.2, 0) is 5.60 Å². The Morgan fingerprint density at radius 3 is 2.63 bits per heavy atom. The van der Waals surface area contributed by atoms with E-state index in [2.05, 4.69) is 0 Å². The summed E-state index contributed by atoms with van der Waals surface area (Å²) < 4.78 is 5.51. The van der Waals surface area contributed by atoms with E-state index in [1.165, 1.54) is 0 Å². The van der Waals surface area contributed by atoms with Crippen molar-refractivity contribution in [1.82, 2.24) is 0 Å². The van der Waals surface area contributed by atoms with Crippen LogP contribution in [0, 0.1) is 0 Å². The first-order valence-electron chi connectivity index (χ1n) is 5.62. The molecule has 3 rings (SSSR count). The third-order valence-corrected chi connectivity index (χ3v) is 4.27. The van der Waals surface area contributed by atoms with Gasteiger partial charge in [0.1, 0.15) is 12.4 Å². The average Bonchev–Trinajstić information content (AvgIpc) is 2.71. The van der Waals surface area contributed by atoms with Crippen LogP contribution in [0.4, 0.5) is 0 Å². The summed E-state index contributed by atoms with van der Waals surface area (Å²) in [5, 5.41) is 12.2. The number of ether oxygens (including phenoxy) is 1. The molecule has 0 bridgehead atoms. The molecule has 5 heteroatoms. The minimum absolute atomic E-state index is 0.0860. The molecule has 1 N–H and O–H groups in total. The molecule has 1 heterocycles. The van der Waals surface area contributed by atoms with Gasteiger partial charge in [-0.3, -0.25) is 0 Å². The number of benzene rings is 2. The SMILES string of the molecule is OC1(c2cccc(Cl)c2Cl)COc2ccc(Cl)cc21. The average molecular weight is 316 g/mol. The third-order valence-electron chi connectivity index (χ3n) is 3.22. The molecule has 98 valence electrons. The zero-order valence-corrected chi connectivity index (χ0v) is 11.9. The Balaban J connectivity index is 2.22. The van der Waals surface area contributed by atoms with E-state index >= 15 is 0 Å². The minimum atomic E-state index is -1.33. The van der Waals surface area contributed by atoms with E-state index in [0.717, 1.165) is 0 Å². The Labute approximate surface area is 125 Å². The lowest BCUT2D eigenvalue weighted by Crippen LogP contribution is -2.29. The third kappa shape index (κ3) is 2.00. The van der Waals surface area contributed by atoms with Crippen LogP contribution in [-0.4, -0.2) is 11.7 Å². The van der Waals surface area contributed by atoms with Crippen LogP contribution < -0.4 is 4.74 Å². The van der Waals surface area contributed by atoms with Crippen LogP contribution in [0.5, 0.6) is 5.75 Å². The van der Waals surface area contributed by atoms with Crippen LogP contribution in [0.3, 0.4) is 0 Å². The van der Waals surface area contributed by atoms with Gasteiger partial charge in [0.15, 0.2) is 5.60 Å². The highest BCUT2D eigenvalue weighted by atomic mass is 35.5. The summed E-state index contributed by atoms with van der Waals surface area (Å²) >= 11 is 18.2. The molecule has 0 saturated heterocycles. The van der Waals surface area contributed by atoms with Gasteiger partial charge in [-0.15, -0.1) is 0 Å². The van der Waals surface area contributed by atoms with E-state index in [4.69, 9.17) is 39.5 Å². The van der Waals surface area contributed by atoms with Gasteiger partial charge >= 0.3 is 0 Å². The van der Waals surface area contributed by atoms with Crippen molar-refractivity contribution in [3.05, 3.63) is 62.6 Å². The summed E-state index contributed by atoms with van der Waals surface area (Å²) in [5.41, 5.74) is -0.214. The normalized spacial score (nSPS) is 21.1. The quantitative estimate of drug-likeness (QED) is 0.851.